The molecule has 2 N–H and O–H groups in total. The first kappa shape index (κ1) is 21.6. The summed E-state index contributed by atoms with van der Waals surface area (Å²) in [5.74, 6) is 0.580. The molecule has 6 rings (SSSR count). The summed E-state index contributed by atoms with van der Waals surface area (Å²) in [4.78, 5) is 20.1. The van der Waals surface area contributed by atoms with Gasteiger partial charge in [0.15, 0.2) is 5.13 Å². The van der Waals surface area contributed by atoms with Crippen LogP contribution >= 0.6 is 11.3 Å². The second kappa shape index (κ2) is 9.35. The van der Waals surface area contributed by atoms with Gasteiger partial charge in [0.25, 0.3) is 0 Å². The molecule has 0 bridgehead atoms. The van der Waals surface area contributed by atoms with Crippen molar-refractivity contribution in [3.63, 3.8) is 0 Å². The number of benzene rings is 1. The monoisotopic (exact) mass is 474 g/mol. The zero-order valence-corrected chi connectivity index (χ0v) is 20.3. The zero-order chi connectivity index (χ0) is 22.9. The van der Waals surface area contributed by atoms with E-state index in [0.717, 1.165) is 71.0 Å². The fourth-order valence-electron chi connectivity index (χ4n) is 5.03. The number of rotatable bonds is 5. The maximum Gasteiger partial charge on any atom is 0.233 e. The van der Waals surface area contributed by atoms with Gasteiger partial charge in [0.05, 0.1) is 23.8 Å². The van der Waals surface area contributed by atoms with Gasteiger partial charge in [-0.15, -0.1) is 11.3 Å². The van der Waals surface area contributed by atoms with E-state index in [1.807, 2.05) is 6.20 Å². The van der Waals surface area contributed by atoms with Gasteiger partial charge in [-0.1, -0.05) is 6.07 Å². The second-order valence-corrected chi connectivity index (χ2v) is 10.2. The largest absolute Gasteiger partial charge is 0.472 e. The van der Waals surface area contributed by atoms with Crippen molar-refractivity contribution in [1.29, 1.82) is 0 Å². The zero-order valence-electron chi connectivity index (χ0n) is 19.5. The standard InChI is InChI=1S/C26H30N6OS/c1-17-5-2-3-10-32(17)26-31-24(16-34-26)18-7-8-22-20(11-18)21(13-29-22)23-14-28-15-25(30-23)33-19-6-4-9-27-12-19/h7-8,11,13-17,19,27,29H,2-6,9-10,12H2,1H3/t17-,19+/m0/s1. The first-order valence-corrected chi connectivity index (χ1v) is 13.2. The van der Waals surface area contributed by atoms with Crippen molar-refractivity contribution in [3.8, 4) is 28.4 Å². The Labute approximate surface area is 203 Å². The summed E-state index contributed by atoms with van der Waals surface area (Å²) in [7, 11) is 0. The van der Waals surface area contributed by atoms with Crippen LogP contribution in [0.3, 0.4) is 0 Å². The number of aromatic nitrogens is 4. The Morgan fingerprint density at radius 1 is 1.09 bits per heavy atom. The smallest absolute Gasteiger partial charge is 0.233 e. The molecule has 0 amide bonds. The number of ether oxygens (including phenoxy) is 1. The third-order valence-electron chi connectivity index (χ3n) is 6.95. The third kappa shape index (κ3) is 4.28. The summed E-state index contributed by atoms with van der Waals surface area (Å²) < 4.78 is 6.11. The summed E-state index contributed by atoms with van der Waals surface area (Å²) in [6.45, 7) is 5.32. The molecule has 8 heteroatoms. The van der Waals surface area contributed by atoms with E-state index >= 15 is 0 Å². The minimum absolute atomic E-state index is 0.148. The molecular formula is C26H30N6OS. The van der Waals surface area contributed by atoms with E-state index in [4.69, 9.17) is 14.7 Å². The highest BCUT2D eigenvalue weighted by Gasteiger charge is 2.22. The Hall–Kier alpha value is -2.97. The van der Waals surface area contributed by atoms with Crippen molar-refractivity contribution >= 4 is 27.4 Å². The van der Waals surface area contributed by atoms with E-state index < -0.39 is 0 Å². The summed E-state index contributed by atoms with van der Waals surface area (Å²) in [6, 6.07) is 7.03. The molecular weight excluding hydrogens is 444 g/mol. The van der Waals surface area contributed by atoms with Gasteiger partial charge in [-0.2, -0.15) is 0 Å². The molecule has 7 nitrogen and oxygen atoms in total. The molecule has 0 aliphatic carbocycles. The highest BCUT2D eigenvalue weighted by Crippen LogP contribution is 2.35. The molecule has 176 valence electrons. The number of anilines is 1. The van der Waals surface area contributed by atoms with Gasteiger partial charge >= 0.3 is 0 Å². The van der Waals surface area contributed by atoms with Gasteiger partial charge in [0, 0.05) is 52.7 Å². The lowest BCUT2D eigenvalue weighted by molar-refractivity contribution is 0.160. The summed E-state index contributed by atoms with van der Waals surface area (Å²) in [5.41, 5.74) is 5.06. The maximum atomic E-state index is 6.11. The number of nitrogens with one attached hydrogen (secondary N) is 2. The lowest BCUT2D eigenvalue weighted by atomic mass is 10.0. The van der Waals surface area contributed by atoms with Crippen LogP contribution in [0.2, 0.25) is 0 Å². The van der Waals surface area contributed by atoms with Gasteiger partial charge in [-0.25, -0.2) is 9.97 Å². The highest BCUT2D eigenvalue weighted by molar-refractivity contribution is 7.14. The number of nitrogens with zero attached hydrogens (tertiary/aromatic N) is 4. The highest BCUT2D eigenvalue weighted by atomic mass is 32.1. The first-order valence-electron chi connectivity index (χ1n) is 12.3. The SMILES string of the molecule is C[C@H]1CCCCN1c1nc(-c2ccc3[nH]cc(-c4cncc(O[C@@H]5CCCNC5)n4)c3c2)cs1. The predicted octanol–water partition coefficient (Wildman–Crippen LogP) is 5.26. The van der Waals surface area contributed by atoms with E-state index in [-0.39, 0.29) is 6.10 Å². The summed E-state index contributed by atoms with van der Waals surface area (Å²) >= 11 is 1.74. The van der Waals surface area contributed by atoms with Crippen molar-refractivity contribution in [3.05, 3.63) is 42.2 Å². The molecule has 4 aromatic rings. The van der Waals surface area contributed by atoms with Gasteiger partial charge < -0.3 is 19.9 Å². The molecule has 0 spiro atoms. The van der Waals surface area contributed by atoms with E-state index in [2.05, 4.69) is 50.7 Å². The number of H-pyrrole nitrogens is 1. The molecule has 0 saturated carbocycles. The van der Waals surface area contributed by atoms with E-state index in [0.29, 0.717) is 11.9 Å². The van der Waals surface area contributed by atoms with Crippen LogP contribution in [0.25, 0.3) is 33.4 Å². The lowest BCUT2D eigenvalue weighted by Gasteiger charge is -2.33. The fourth-order valence-corrected chi connectivity index (χ4v) is 5.99. The Bertz CT molecular complexity index is 1280. The Morgan fingerprint density at radius 3 is 2.94 bits per heavy atom. The van der Waals surface area contributed by atoms with E-state index in [9.17, 15) is 0 Å². The molecule has 2 saturated heterocycles. The Morgan fingerprint density at radius 2 is 2.06 bits per heavy atom. The number of fused-ring (bicyclic) bond motifs is 1. The number of thiazole rings is 1. The quantitative estimate of drug-likeness (QED) is 0.411. The molecule has 2 aliphatic heterocycles. The number of hydrogen-bond acceptors (Lipinski definition) is 7. The number of aromatic amines is 1. The molecule has 5 heterocycles. The van der Waals surface area contributed by atoms with Gasteiger partial charge in [0.2, 0.25) is 5.88 Å². The average molecular weight is 475 g/mol. The Kier molecular flexibility index (Phi) is 5.93. The van der Waals surface area contributed by atoms with Crippen molar-refractivity contribution in [2.45, 2.75) is 51.2 Å². The van der Waals surface area contributed by atoms with Crippen LogP contribution in [-0.2, 0) is 0 Å². The normalized spacial score (nSPS) is 21.1. The van der Waals surface area contributed by atoms with Crippen LogP contribution in [0, 0.1) is 0 Å². The average Bonchev–Trinajstić information content (AvgIpc) is 3.52. The van der Waals surface area contributed by atoms with Gasteiger partial charge in [0.1, 0.15) is 6.10 Å². The van der Waals surface area contributed by atoms with Crippen LogP contribution in [0.4, 0.5) is 5.13 Å². The predicted molar refractivity (Wildman–Crippen MR) is 138 cm³/mol. The van der Waals surface area contributed by atoms with Gasteiger partial charge in [-0.05, 0) is 57.7 Å². The van der Waals surface area contributed by atoms with Crippen molar-refractivity contribution < 1.29 is 4.74 Å². The van der Waals surface area contributed by atoms with Crippen LogP contribution in [-0.4, -0.2) is 51.7 Å². The minimum Gasteiger partial charge on any atom is -0.472 e. The van der Waals surface area contributed by atoms with Crippen molar-refractivity contribution in [2.24, 2.45) is 0 Å². The van der Waals surface area contributed by atoms with Crippen LogP contribution in [0.5, 0.6) is 5.88 Å². The molecule has 2 aliphatic rings. The number of hydrogen-bond donors (Lipinski definition) is 2. The van der Waals surface area contributed by atoms with E-state index in [1.54, 1.807) is 23.7 Å². The Balaban J connectivity index is 1.29. The van der Waals surface area contributed by atoms with Crippen LogP contribution in [0.15, 0.2) is 42.2 Å². The molecule has 1 aromatic carbocycles. The first-order chi connectivity index (χ1) is 16.7. The van der Waals surface area contributed by atoms with Crippen molar-refractivity contribution in [1.82, 2.24) is 25.3 Å². The van der Waals surface area contributed by atoms with E-state index in [1.165, 1.54) is 19.3 Å². The molecule has 0 radical (unpaired) electrons. The van der Waals surface area contributed by atoms with Crippen LogP contribution in [0.1, 0.15) is 39.0 Å². The number of piperidine rings is 2. The maximum absolute atomic E-state index is 6.11. The molecule has 2 atom stereocenters. The second-order valence-electron chi connectivity index (χ2n) is 9.34. The molecule has 34 heavy (non-hydrogen) atoms. The third-order valence-corrected chi connectivity index (χ3v) is 7.82. The molecule has 2 fully saturated rings. The minimum atomic E-state index is 0.148. The van der Waals surface area contributed by atoms with Crippen LogP contribution < -0.4 is 15.0 Å². The summed E-state index contributed by atoms with van der Waals surface area (Å²) in [6.07, 6.45) is 11.6. The fraction of sp³-hybridized carbons (Fsp3) is 0.423. The molecule has 3 aromatic heterocycles. The van der Waals surface area contributed by atoms with Gasteiger partial charge in [-0.3, -0.25) is 4.98 Å². The lowest BCUT2D eigenvalue weighted by Crippen LogP contribution is -2.37. The summed E-state index contributed by atoms with van der Waals surface area (Å²) in [5, 5.41) is 7.80. The topological polar surface area (TPSA) is 79.0 Å². The molecule has 0 unspecified atom stereocenters. The van der Waals surface area contributed by atoms with Crippen molar-refractivity contribution in [2.75, 3.05) is 24.5 Å².